The van der Waals surface area contributed by atoms with Gasteiger partial charge in [0.15, 0.2) is 11.1 Å². The maximum atomic E-state index is 11.5. The van der Waals surface area contributed by atoms with Gasteiger partial charge in [0, 0.05) is 12.2 Å². The minimum Gasteiger partial charge on any atom is -0.385 e. The van der Waals surface area contributed by atoms with E-state index in [-0.39, 0.29) is 0 Å². The summed E-state index contributed by atoms with van der Waals surface area (Å²) in [5, 5.41) is 3.42. The Morgan fingerprint density at radius 2 is 1.83 bits per heavy atom. The van der Waals surface area contributed by atoms with Crippen molar-refractivity contribution in [1.82, 2.24) is 0 Å². The molecule has 0 spiro atoms. The molecule has 0 aliphatic rings. The Morgan fingerprint density at radius 1 is 1.04 bits per heavy atom. The molecular weight excluding hydrogens is 306 g/mol. The van der Waals surface area contributed by atoms with Gasteiger partial charge in [0.25, 0.3) is 0 Å². The molecule has 0 heterocycles. The summed E-state index contributed by atoms with van der Waals surface area (Å²) in [6, 6.07) is 15.7. The lowest BCUT2D eigenvalue weighted by Gasteiger charge is -2.11. The van der Waals surface area contributed by atoms with Crippen molar-refractivity contribution in [1.29, 1.82) is 0 Å². The predicted molar refractivity (Wildman–Crippen MR) is 97.4 cm³/mol. The molecule has 0 radical (unpaired) electrons. The van der Waals surface area contributed by atoms with Crippen LogP contribution in [0.25, 0.3) is 0 Å². The van der Waals surface area contributed by atoms with Crippen LogP contribution >= 0.6 is 0 Å². The van der Waals surface area contributed by atoms with Crippen LogP contribution in [0, 0.1) is 0 Å². The Bertz CT molecular complexity index is 629. The predicted octanol–water partition coefficient (Wildman–Crippen LogP) is 4.85. The van der Waals surface area contributed by atoms with Crippen LogP contribution in [-0.4, -0.2) is 15.3 Å². The van der Waals surface area contributed by atoms with Gasteiger partial charge < -0.3 is 9.87 Å². The van der Waals surface area contributed by atoms with E-state index in [1.807, 2.05) is 42.5 Å². The van der Waals surface area contributed by atoms with Crippen LogP contribution in [0.2, 0.25) is 0 Å². The normalized spacial score (nSPS) is 12.1. The molecule has 0 saturated carbocycles. The quantitative estimate of drug-likeness (QED) is 0.510. The van der Waals surface area contributed by atoms with Gasteiger partial charge in [-0.3, -0.25) is 0 Å². The van der Waals surface area contributed by atoms with Crippen LogP contribution in [-0.2, 0) is 17.5 Å². The van der Waals surface area contributed by atoms with E-state index < -0.39 is 11.1 Å². The number of hydrogen-bond acceptors (Lipinski definition) is 2. The average molecular weight is 331 g/mol. The molecule has 0 fully saturated rings. The highest BCUT2D eigenvalue weighted by molar-refractivity contribution is 7.79. The largest absolute Gasteiger partial charge is 0.385 e. The molecule has 2 aromatic rings. The number of anilines is 1. The van der Waals surface area contributed by atoms with E-state index in [1.54, 1.807) is 6.07 Å². The minimum atomic E-state index is -1.96. The fraction of sp³-hybridized carbons (Fsp3) is 0.368. The van der Waals surface area contributed by atoms with E-state index in [0.717, 1.165) is 29.8 Å². The molecule has 1 atom stereocenters. The van der Waals surface area contributed by atoms with Crippen LogP contribution in [0.15, 0.2) is 53.4 Å². The van der Waals surface area contributed by atoms with Crippen molar-refractivity contribution >= 4 is 16.8 Å². The maximum Gasteiger partial charge on any atom is 0.186 e. The number of unbranched alkanes of at least 4 members (excludes halogenated alkanes) is 3. The lowest BCUT2D eigenvalue weighted by Crippen LogP contribution is -2.04. The first-order valence-electron chi connectivity index (χ1n) is 8.22. The first-order valence-corrected chi connectivity index (χ1v) is 9.33. The molecule has 0 amide bonds. The topological polar surface area (TPSA) is 49.3 Å². The lowest BCUT2D eigenvalue weighted by atomic mass is 10.0. The summed E-state index contributed by atoms with van der Waals surface area (Å²) in [6.07, 6.45) is 5.55. The van der Waals surface area contributed by atoms with Crippen LogP contribution in [0.3, 0.4) is 0 Å². The van der Waals surface area contributed by atoms with Crippen molar-refractivity contribution in [3.8, 4) is 0 Å². The molecule has 3 nitrogen and oxygen atoms in total. The zero-order chi connectivity index (χ0) is 16.5. The Balaban J connectivity index is 2.07. The second kappa shape index (κ2) is 9.48. The molecule has 124 valence electrons. The summed E-state index contributed by atoms with van der Waals surface area (Å²) in [6.45, 7) is 3.14. The summed E-state index contributed by atoms with van der Waals surface area (Å²) >= 11 is -1.96. The van der Waals surface area contributed by atoms with Crippen LogP contribution < -0.4 is 5.32 Å². The highest BCUT2D eigenvalue weighted by atomic mass is 32.2. The van der Waals surface area contributed by atoms with E-state index in [0.29, 0.717) is 11.3 Å². The fourth-order valence-corrected chi connectivity index (χ4v) is 3.14. The molecule has 23 heavy (non-hydrogen) atoms. The van der Waals surface area contributed by atoms with Crippen molar-refractivity contribution in [2.45, 2.75) is 43.9 Å². The highest BCUT2D eigenvalue weighted by Crippen LogP contribution is 2.22. The molecule has 0 aromatic heterocycles. The summed E-state index contributed by atoms with van der Waals surface area (Å²) in [4.78, 5) is 0.491. The Kier molecular flexibility index (Phi) is 7.30. The van der Waals surface area contributed by atoms with Gasteiger partial charge in [-0.1, -0.05) is 56.5 Å². The zero-order valence-electron chi connectivity index (χ0n) is 13.6. The van der Waals surface area contributed by atoms with Crippen molar-refractivity contribution in [2.24, 2.45) is 0 Å². The molecule has 0 aliphatic heterocycles. The third kappa shape index (κ3) is 5.81. The molecular formula is C19H25NO2S. The van der Waals surface area contributed by atoms with Crippen molar-refractivity contribution in [3.05, 3.63) is 59.7 Å². The second-order valence-electron chi connectivity index (χ2n) is 5.72. The van der Waals surface area contributed by atoms with E-state index >= 15 is 0 Å². The first-order chi connectivity index (χ1) is 11.2. The van der Waals surface area contributed by atoms with Crippen LogP contribution in [0.5, 0.6) is 0 Å². The van der Waals surface area contributed by atoms with Gasteiger partial charge in [0.2, 0.25) is 0 Å². The van der Waals surface area contributed by atoms with Gasteiger partial charge in [-0.25, -0.2) is 4.21 Å². The zero-order valence-corrected chi connectivity index (χ0v) is 14.4. The minimum absolute atomic E-state index is 0.491. The molecule has 0 bridgehead atoms. The molecule has 4 heteroatoms. The van der Waals surface area contributed by atoms with Gasteiger partial charge >= 0.3 is 0 Å². The summed E-state index contributed by atoms with van der Waals surface area (Å²) in [5.41, 5.74) is 3.05. The molecule has 1 unspecified atom stereocenters. The van der Waals surface area contributed by atoms with Gasteiger partial charge in [0.1, 0.15) is 0 Å². The third-order valence-electron chi connectivity index (χ3n) is 3.85. The van der Waals surface area contributed by atoms with Gasteiger partial charge in [0.05, 0.1) is 4.90 Å². The van der Waals surface area contributed by atoms with E-state index in [2.05, 4.69) is 12.2 Å². The van der Waals surface area contributed by atoms with Crippen molar-refractivity contribution in [2.75, 3.05) is 11.9 Å². The molecule has 2 rings (SSSR count). The number of hydrogen-bond donors (Lipinski definition) is 2. The monoisotopic (exact) mass is 331 g/mol. The van der Waals surface area contributed by atoms with E-state index in [9.17, 15) is 8.76 Å². The Labute approximate surface area is 141 Å². The van der Waals surface area contributed by atoms with E-state index in [4.69, 9.17) is 0 Å². The molecule has 0 saturated heterocycles. The summed E-state index contributed by atoms with van der Waals surface area (Å²) in [7, 11) is 0. The van der Waals surface area contributed by atoms with Crippen molar-refractivity contribution < 1.29 is 8.76 Å². The number of rotatable bonds is 9. The van der Waals surface area contributed by atoms with Gasteiger partial charge in [-0.05, 0) is 42.2 Å². The summed E-state index contributed by atoms with van der Waals surface area (Å²) in [5.74, 6) is 0. The average Bonchev–Trinajstić information content (AvgIpc) is 2.55. The third-order valence-corrected chi connectivity index (χ3v) is 4.62. The summed E-state index contributed by atoms with van der Waals surface area (Å²) < 4.78 is 21.0. The smallest absolute Gasteiger partial charge is 0.186 e. The van der Waals surface area contributed by atoms with Gasteiger partial charge in [-0.2, -0.15) is 0 Å². The Morgan fingerprint density at radius 3 is 2.52 bits per heavy atom. The van der Waals surface area contributed by atoms with E-state index in [1.165, 1.54) is 19.3 Å². The first kappa shape index (κ1) is 17.7. The lowest BCUT2D eigenvalue weighted by molar-refractivity contribution is 0.563. The Hall–Kier alpha value is -1.65. The second-order valence-corrected chi connectivity index (χ2v) is 6.66. The number of nitrogens with one attached hydrogen (secondary N) is 1. The fourth-order valence-electron chi connectivity index (χ4n) is 2.60. The standard InChI is InChI=1S/C19H25NO2S/c1-2-3-4-8-13-20-18-11-12-19(23(21)22)17(15-18)14-16-9-6-5-7-10-16/h5-7,9-12,15,20H,2-4,8,13-14H2,1H3,(H,21,22). The number of benzene rings is 2. The molecule has 2 N–H and O–H groups in total. The van der Waals surface area contributed by atoms with Crippen molar-refractivity contribution in [3.63, 3.8) is 0 Å². The highest BCUT2D eigenvalue weighted by Gasteiger charge is 2.09. The van der Waals surface area contributed by atoms with Crippen LogP contribution in [0.4, 0.5) is 5.69 Å². The maximum absolute atomic E-state index is 11.5. The van der Waals surface area contributed by atoms with Gasteiger partial charge in [-0.15, -0.1) is 0 Å². The molecule has 0 aliphatic carbocycles. The van der Waals surface area contributed by atoms with Crippen LogP contribution in [0.1, 0.15) is 43.7 Å². The SMILES string of the molecule is CCCCCCNc1ccc(S(=O)O)c(Cc2ccccc2)c1. The molecule has 2 aromatic carbocycles.